The summed E-state index contributed by atoms with van der Waals surface area (Å²) >= 11 is 0. The number of hydrogen-bond acceptors (Lipinski definition) is 7. The molecule has 13 heteroatoms. The van der Waals surface area contributed by atoms with Crippen molar-refractivity contribution >= 4 is 33.1 Å². The van der Waals surface area contributed by atoms with Gasteiger partial charge in [0.1, 0.15) is 0 Å². The topological polar surface area (TPSA) is 133 Å². The molecular weight excluding hydrogens is 433 g/mol. The molecule has 0 saturated heterocycles. The van der Waals surface area contributed by atoms with Crippen LogP contribution in [0.15, 0.2) is 47.4 Å². The summed E-state index contributed by atoms with van der Waals surface area (Å²) in [6.45, 7) is 1.18. The first-order valence-electron chi connectivity index (χ1n) is 8.01. The number of halogens is 3. The van der Waals surface area contributed by atoms with E-state index in [0.717, 1.165) is 42.5 Å². The van der Waals surface area contributed by atoms with Crippen LogP contribution < -0.4 is 5.32 Å². The Balaban J connectivity index is 2.06. The Morgan fingerprint density at radius 2 is 1.73 bits per heavy atom. The molecule has 160 valence electrons. The fraction of sp³-hybridized carbons (Fsp3) is 0.176. The summed E-state index contributed by atoms with van der Waals surface area (Å²) in [4.78, 5) is 33.2. The van der Waals surface area contributed by atoms with Crippen molar-refractivity contribution in [2.45, 2.75) is 23.7 Å². The minimum absolute atomic E-state index is 0.113. The number of ether oxygens (including phenoxy) is 1. The van der Waals surface area contributed by atoms with E-state index in [1.165, 1.54) is 6.92 Å². The molecule has 1 N–H and O–H groups in total. The average Bonchev–Trinajstić information content (AvgIpc) is 2.69. The van der Waals surface area contributed by atoms with E-state index < -0.39 is 54.9 Å². The molecule has 0 radical (unpaired) electrons. The standard InChI is InChI=1S/C17H13F3N2O7S/c1-9(15(23)21-11-4-7-13(18)14(8-11)22(25)26)29-16(24)10-2-5-12(6-3-10)30(27,28)17(19)20/h2-9,17H,1H3,(H,21,23). The van der Waals surface area contributed by atoms with Crippen LogP contribution >= 0.6 is 0 Å². The second kappa shape index (κ2) is 8.90. The van der Waals surface area contributed by atoms with Crippen LogP contribution in [0.4, 0.5) is 24.5 Å². The fourth-order valence-electron chi connectivity index (χ4n) is 2.14. The maximum atomic E-state index is 13.3. The molecule has 0 aliphatic carbocycles. The van der Waals surface area contributed by atoms with Gasteiger partial charge in [0.05, 0.1) is 15.4 Å². The zero-order valence-electron chi connectivity index (χ0n) is 15.0. The van der Waals surface area contributed by atoms with Gasteiger partial charge in [-0.2, -0.15) is 13.2 Å². The summed E-state index contributed by atoms with van der Waals surface area (Å²) in [5.74, 6) is -6.67. The van der Waals surface area contributed by atoms with Gasteiger partial charge in [0.2, 0.25) is 15.7 Å². The number of nitro groups is 1. The van der Waals surface area contributed by atoms with Crippen molar-refractivity contribution in [3.05, 3.63) is 64.0 Å². The minimum Gasteiger partial charge on any atom is -0.449 e. The van der Waals surface area contributed by atoms with Crippen LogP contribution in [0.5, 0.6) is 0 Å². The van der Waals surface area contributed by atoms with E-state index in [-0.39, 0.29) is 11.3 Å². The number of esters is 1. The molecular formula is C17H13F3N2O7S. The lowest BCUT2D eigenvalue weighted by molar-refractivity contribution is -0.387. The van der Waals surface area contributed by atoms with Gasteiger partial charge in [-0.1, -0.05) is 0 Å². The number of nitrogens with one attached hydrogen (secondary N) is 1. The van der Waals surface area contributed by atoms with Gasteiger partial charge in [-0.15, -0.1) is 0 Å². The third-order valence-electron chi connectivity index (χ3n) is 3.72. The summed E-state index contributed by atoms with van der Waals surface area (Å²) in [6.07, 6.45) is -1.40. The van der Waals surface area contributed by atoms with E-state index in [1.807, 2.05) is 0 Å². The first-order valence-corrected chi connectivity index (χ1v) is 9.56. The van der Waals surface area contributed by atoms with Gasteiger partial charge in [0, 0.05) is 11.8 Å². The van der Waals surface area contributed by atoms with Crippen molar-refractivity contribution in [3.8, 4) is 0 Å². The van der Waals surface area contributed by atoms with Gasteiger partial charge in [0.15, 0.2) is 6.10 Å². The lowest BCUT2D eigenvalue weighted by Crippen LogP contribution is -2.30. The Labute approximate surface area is 167 Å². The van der Waals surface area contributed by atoms with Crippen molar-refractivity contribution < 1.29 is 40.8 Å². The lowest BCUT2D eigenvalue weighted by Gasteiger charge is -2.14. The zero-order chi connectivity index (χ0) is 22.6. The number of benzene rings is 2. The smallest absolute Gasteiger partial charge is 0.341 e. The van der Waals surface area contributed by atoms with E-state index in [9.17, 15) is 41.3 Å². The molecule has 1 amide bonds. The molecule has 0 aliphatic rings. The first kappa shape index (κ1) is 22.8. The Bertz CT molecular complexity index is 1090. The second-order valence-electron chi connectivity index (χ2n) is 5.79. The summed E-state index contributed by atoms with van der Waals surface area (Å²) in [6, 6.07) is 6.08. The number of nitrogens with zero attached hydrogens (tertiary/aromatic N) is 1. The number of rotatable bonds is 7. The zero-order valence-corrected chi connectivity index (χ0v) is 15.9. The maximum absolute atomic E-state index is 13.3. The Hall–Kier alpha value is -3.48. The SMILES string of the molecule is CC(OC(=O)c1ccc(S(=O)(=O)C(F)F)cc1)C(=O)Nc1ccc(F)c([N+](=O)[O-])c1. The predicted octanol–water partition coefficient (Wildman–Crippen LogP) is 2.91. The van der Waals surface area contributed by atoms with Crippen LogP contribution in [0.1, 0.15) is 17.3 Å². The molecule has 1 atom stereocenters. The molecule has 0 bridgehead atoms. The Kier molecular flexibility index (Phi) is 6.77. The molecule has 30 heavy (non-hydrogen) atoms. The first-order chi connectivity index (χ1) is 13.9. The van der Waals surface area contributed by atoms with Crippen LogP contribution in [0, 0.1) is 15.9 Å². The molecule has 1 unspecified atom stereocenters. The molecule has 9 nitrogen and oxygen atoms in total. The quantitative estimate of drug-likeness (QED) is 0.393. The second-order valence-corrected chi connectivity index (χ2v) is 7.71. The van der Waals surface area contributed by atoms with Gasteiger partial charge in [0.25, 0.3) is 5.91 Å². The van der Waals surface area contributed by atoms with Crippen molar-refractivity contribution in [3.63, 3.8) is 0 Å². The molecule has 0 spiro atoms. The fourth-order valence-corrected chi connectivity index (χ4v) is 2.86. The lowest BCUT2D eigenvalue weighted by atomic mass is 10.2. The monoisotopic (exact) mass is 446 g/mol. The molecule has 0 aromatic heterocycles. The van der Waals surface area contributed by atoms with Crippen molar-refractivity contribution in [1.29, 1.82) is 0 Å². The van der Waals surface area contributed by atoms with Crippen molar-refractivity contribution in [2.24, 2.45) is 0 Å². The minimum atomic E-state index is -4.83. The largest absolute Gasteiger partial charge is 0.449 e. The number of amides is 1. The number of sulfone groups is 1. The molecule has 0 aliphatic heterocycles. The van der Waals surface area contributed by atoms with E-state index in [4.69, 9.17) is 4.74 Å². The summed E-state index contributed by atoms with van der Waals surface area (Å²) in [5, 5.41) is 12.9. The highest BCUT2D eigenvalue weighted by Crippen LogP contribution is 2.22. The summed E-state index contributed by atoms with van der Waals surface area (Å²) < 4.78 is 65.9. The van der Waals surface area contributed by atoms with E-state index >= 15 is 0 Å². The normalized spacial score (nSPS) is 12.3. The predicted molar refractivity (Wildman–Crippen MR) is 96.2 cm³/mol. The van der Waals surface area contributed by atoms with E-state index in [1.54, 1.807) is 0 Å². The number of nitro benzene ring substituents is 1. The van der Waals surface area contributed by atoms with Crippen LogP contribution in [0.3, 0.4) is 0 Å². The molecule has 2 rings (SSSR count). The third-order valence-corrected chi connectivity index (χ3v) is 5.11. The maximum Gasteiger partial charge on any atom is 0.341 e. The number of carbonyl (C=O) groups is 2. The molecule has 2 aromatic carbocycles. The van der Waals surface area contributed by atoms with Crippen LogP contribution in [0.2, 0.25) is 0 Å². The van der Waals surface area contributed by atoms with Gasteiger partial charge in [-0.3, -0.25) is 14.9 Å². The van der Waals surface area contributed by atoms with E-state index in [2.05, 4.69) is 5.32 Å². The highest BCUT2D eigenvalue weighted by Gasteiger charge is 2.27. The van der Waals surface area contributed by atoms with Crippen LogP contribution in [-0.4, -0.2) is 37.1 Å². The Morgan fingerprint density at radius 3 is 2.27 bits per heavy atom. The molecule has 0 saturated carbocycles. The van der Waals surface area contributed by atoms with Crippen molar-refractivity contribution in [1.82, 2.24) is 0 Å². The van der Waals surface area contributed by atoms with Crippen molar-refractivity contribution in [2.75, 3.05) is 5.32 Å². The van der Waals surface area contributed by atoms with Gasteiger partial charge >= 0.3 is 17.4 Å². The van der Waals surface area contributed by atoms with Gasteiger partial charge in [-0.05, 0) is 43.3 Å². The number of anilines is 1. The molecule has 2 aromatic rings. The van der Waals surface area contributed by atoms with Crippen LogP contribution in [0.25, 0.3) is 0 Å². The van der Waals surface area contributed by atoms with Gasteiger partial charge in [-0.25, -0.2) is 13.2 Å². The Morgan fingerprint density at radius 1 is 1.13 bits per heavy atom. The summed E-state index contributed by atoms with van der Waals surface area (Å²) in [5.41, 5.74) is -1.19. The highest BCUT2D eigenvalue weighted by atomic mass is 32.2. The van der Waals surface area contributed by atoms with Crippen LogP contribution in [-0.2, 0) is 19.4 Å². The highest BCUT2D eigenvalue weighted by molar-refractivity contribution is 7.91. The molecule has 0 fully saturated rings. The summed E-state index contributed by atoms with van der Waals surface area (Å²) in [7, 11) is -4.83. The van der Waals surface area contributed by atoms with E-state index in [0.29, 0.717) is 0 Å². The van der Waals surface area contributed by atoms with Gasteiger partial charge < -0.3 is 10.1 Å². The number of carbonyl (C=O) groups excluding carboxylic acids is 2. The molecule has 0 heterocycles. The average molecular weight is 446 g/mol. The number of alkyl halides is 2. The third kappa shape index (κ3) is 5.11. The number of hydrogen-bond donors (Lipinski definition) is 1.